The number of carbonyl (C=O) groups excluding carboxylic acids is 2. The fraction of sp³-hybridized carbons (Fsp3) is 0.517. The molecule has 0 bridgehead atoms. The molecule has 7 heteroatoms. The first-order valence-electron chi connectivity index (χ1n) is 12.6. The van der Waals surface area contributed by atoms with Crippen molar-refractivity contribution in [3.63, 3.8) is 0 Å². The smallest absolute Gasteiger partial charge is 0.255 e. The maximum absolute atomic E-state index is 13.3. The molecule has 3 nitrogen and oxygen atoms in total. The Bertz CT molecular complexity index is 1010. The van der Waals surface area contributed by atoms with Gasteiger partial charge in [-0.2, -0.15) is 0 Å². The Morgan fingerprint density at radius 2 is 1.53 bits per heavy atom. The van der Waals surface area contributed by atoms with E-state index in [2.05, 4.69) is 23.1 Å². The van der Waals surface area contributed by atoms with E-state index < -0.39 is 17.0 Å². The Morgan fingerprint density at radius 1 is 1.00 bits per heavy atom. The normalized spacial score (nSPS) is 22.3. The largest absolute Gasteiger partial charge is 0.369 e. The number of rotatable bonds is 5. The standard InChI is InChI=1S/C14H18FNO.C11H13F2OP.C4H8/c1-10-5-7-14(8-6-10,13(16)17)11-3-2-4-12(15)9-11;1-7(14)8-3-5-9(6-4-8)10(15)11(2,12)13;1-4-2-3-4/h2-4,9-10H,5-8H2,1H3,(H2,16,17);3-6,10H,15H2,1-2H3;4H,2-3H2,1H3. The van der Waals surface area contributed by atoms with Crippen LogP contribution in [0.25, 0.3) is 0 Å². The van der Waals surface area contributed by atoms with Gasteiger partial charge in [-0.25, -0.2) is 13.2 Å². The van der Waals surface area contributed by atoms with Gasteiger partial charge in [-0.1, -0.05) is 63.1 Å². The van der Waals surface area contributed by atoms with E-state index in [0.717, 1.165) is 44.1 Å². The predicted octanol–water partition coefficient (Wildman–Crippen LogP) is 7.64. The lowest BCUT2D eigenvalue weighted by Gasteiger charge is -2.37. The number of amides is 1. The molecule has 198 valence electrons. The van der Waals surface area contributed by atoms with E-state index in [1.807, 2.05) is 6.07 Å². The molecule has 2 aromatic carbocycles. The predicted molar refractivity (Wildman–Crippen MR) is 143 cm³/mol. The number of alkyl halides is 2. The molecule has 0 spiro atoms. The van der Waals surface area contributed by atoms with Crippen LogP contribution in [-0.2, 0) is 10.2 Å². The van der Waals surface area contributed by atoms with Crippen LogP contribution in [0.4, 0.5) is 13.2 Å². The summed E-state index contributed by atoms with van der Waals surface area (Å²) in [4.78, 5) is 22.8. The quantitative estimate of drug-likeness (QED) is 0.325. The van der Waals surface area contributed by atoms with E-state index in [1.165, 1.54) is 31.9 Å². The zero-order chi connectivity index (χ0) is 27.1. The zero-order valence-electron chi connectivity index (χ0n) is 21.7. The molecule has 2 N–H and O–H groups in total. The Labute approximate surface area is 215 Å². The molecule has 0 aromatic heterocycles. The molecule has 36 heavy (non-hydrogen) atoms. The van der Waals surface area contributed by atoms with E-state index in [-0.39, 0.29) is 17.5 Å². The Morgan fingerprint density at radius 3 is 1.92 bits per heavy atom. The van der Waals surface area contributed by atoms with Crippen LogP contribution in [0, 0.1) is 17.7 Å². The SMILES string of the molecule is CC(=O)c1ccc(C(P)C(C)(F)F)cc1.CC1CC1.CC1CCC(C(N)=O)(c2cccc(F)c2)CC1. The van der Waals surface area contributed by atoms with Gasteiger partial charge in [0.1, 0.15) is 5.82 Å². The maximum atomic E-state index is 13.3. The van der Waals surface area contributed by atoms with Crippen molar-refractivity contribution in [2.24, 2.45) is 17.6 Å². The summed E-state index contributed by atoms with van der Waals surface area (Å²) in [5, 5.41) is 0. The third-order valence-electron chi connectivity index (χ3n) is 7.07. The number of hydrogen-bond donors (Lipinski definition) is 1. The minimum Gasteiger partial charge on any atom is -0.369 e. The van der Waals surface area contributed by atoms with Crippen molar-refractivity contribution in [3.8, 4) is 0 Å². The molecular formula is C29H39F3NO2P. The van der Waals surface area contributed by atoms with Gasteiger partial charge in [-0.3, -0.25) is 9.59 Å². The van der Waals surface area contributed by atoms with Crippen LogP contribution in [0.3, 0.4) is 0 Å². The van der Waals surface area contributed by atoms with Crippen molar-refractivity contribution < 1.29 is 22.8 Å². The summed E-state index contributed by atoms with van der Waals surface area (Å²) in [6.07, 6.45) is 6.37. The highest BCUT2D eigenvalue weighted by Gasteiger charge is 2.41. The lowest BCUT2D eigenvalue weighted by Crippen LogP contribution is -2.43. The highest BCUT2D eigenvalue weighted by molar-refractivity contribution is 7.17. The summed E-state index contributed by atoms with van der Waals surface area (Å²) in [7, 11) is 2.12. The fourth-order valence-corrected chi connectivity index (χ4v) is 4.33. The molecule has 2 atom stereocenters. The molecule has 0 heterocycles. The Balaban J connectivity index is 0.000000220. The van der Waals surface area contributed by atoms with E-state index in [0.29, 0.717) is 17.0 Å². The third kappa shape index (κ3) is 8.73. The molecule has 0 saturated heterocycles. The molecule has 4 rings (SSSR count). The second kappa shape index (κ2) is 12.9. The summed E-state index contributed by atoms with van der Waals surface area (Å²) in [6.45, 7) is 6.78. The fourth-order valence-electron chi connectivity index (χ4n) is 4.10. The number of ketones is 1. The number of Topliss-reactive ketones (excluding diaryl/α,β-unsaturated/α-hetero) is 1. The van der Waals surface area contributed by atoms with Gasteiger partial charge in [-0.15, -0.1) is 9.24 Å². The summed E-state index contributed by atoms with van der Waals surface area (Å²) in [6, 6.07) is 12.6. The van der Waals surface area contributed by atoms with Crippen LogP contribution in [0.2, 0.25) is 0 Å². The van der Waals surface area contributed by atoms with Crippen molar-refractivity contribution in [2.45, 2.75) is 83.2 Å². The number of hydrogen-bond acceptors (Lipinski definition) is 2. The molecule has 2 saturated carbocycles. The minimum absolute atomic E-state index is 0.0647. The minimum atomic E-state index is -2.78. The van der Waals surface area contributed by atoms with Gasteiger partial charge in [0.05, 0.1) is 11.1 Å². The van der Waals surface area contributed by atoms with Gasteiger partial charge in [-0.05, 0) is 67.7 Å². The molecule has 0 aliphatic heterocycles. The van der Waals surface area contributed by atoms with Crippen molar-refractivity contribution in [2.75, 3.05) is 0 Å². The molecule has 2 aliphatic carbocycles. The first-order chi connectivity index (χ1) is 16.8. The van der Waals surface area contributed by atoms with Crippen LogP contribution >= 0.6 is 9.24 Å². The summed E-state index contributed by atoms with van der Waals surface area (Å²) in [5.41, 5.74) is 5.77. The van der Waals surface area contributed by atoms with Crippen molar-refractivity contribution in [1.29, 1.82) is 0 Å². The number of nitrogens with two attached hydrogens (primary N) is 1. The number of halogens is 3. The van der Waals surface area contributed by atoms with Crippen LogP contribution in [0.5, 0.6) is 0 Å². The van der Waals surface area contributed by atoms with E-state index >= 15 is 0 Å². The van der Waals surface area contributed by atoms with Gasteiger partial charge < -0.3 is 5.73 Å². The number of primary amides is 1. The van der Waals surface area contributed by atoms with E-state index in [1.54, 1.807) is 30.3 Å². The van der Waals surface area contributed by atoms with E-state index in [9.17, 15) is 22.8 Å². The van der Waals surface area contributed by atoms with Gasteiger partial charge in [0.2, 0.25) is 5.91 Å². The average molecular weight is 522 g/mol. The number of carbonyl (C=O) groups is 2. The molecule has 2 fully saturated rings. The van der Waals surface area contributed by atoms with Crippen molar-refractivity contribution in [3.05, 3.63) is 71.0 Å². The molecule has 1 amide bonds. The van der Waals surface area contributed by atoms with Gasteiger partial charge in [0, 0.05) is 12.5 Å². The second-order valence-electron chi connectivity index (χ2n) is 10.4. The molecular weight excluding hydrogens is 482 g/mol. The highest BCUT2D eigenvalue weighted by Crippen LogP contribution is 2.41. The first kappa shape index (κ1) is 30.0. The average Bonchev–Trinajstić information content (AvgIpc) is 3.61. The van der Waals surface area contributed by atoms with Crippen LogP contribution in [-0.4, -0.2) is 17.6 Å². The first-order valence-corrected chi connectivity index (χ1v) is 13.2. The third-order valence-corrected chi connectivity index (χ3v) is 8.04. The van der Waals surface area contributed by atoms with Gasteiger partial charge in [0.25, 0.3) is 5.92 Å². The molecule has 2 unspecified atom stereocenters. The second-order valence-corrected chi connectivity index (χ2v) is 11.1. The van der Waals surface area contributed by atoms with Gasteiger partial charge in [0.15, 0.2) is 5.78 Å². The zero-order valence-corrected chi connectivity index (χ0v) is 22.9. The summed E-state index contributed by atoms with van der Waals surface area (Å²) < 4.78 is 39.2. The van der Waals surface area contributed by atoms with E-state index in [4.69, 9.17) is 5.73 Å². The Kier molecular flexibility index (Phi) is 10.7. The summed E-state index contributed by atoms with van der Waals surface area (Å²) >= 11 is 0. The van der Waals surface area contributed by atoms with Crippen molar-refractivity contribution >= 4 is 20.9 Å². The lowest BCUT2D eigenvalue weighted by atomic mass is 9.66. The molecule has 2 aliphatic rings. The topological polar surface area (TPSA) is 60.2 Å². The Hall–Kier alpha value is -2.20. The summed E-state index contributed by atoms with van der Waals surface area (Å²) in [5.74, 6) is -1.76. The van der Waals surface area contributed by atoms with Crippen LogP contribution in [0.1, 0.15) is 93.4 Å². The molecule has 2 aromatic rings. The maximum Gasteiger partial charge on any atom is 0.255 e. The van der Waals surface area contributed by atoms with Gasteiger partial charge >= 0.3 is 0 Å². The van der Waals surface area contributed by atoms with Crippen LogP contribution < -0.4 is 5.73 Å². The molecule has 0 radical (unpaired) electrons. The van der Waals surface area contributed by atoms with Crippen LogP contribution in [0.15, 0.2) is 48.5 Å². The lowest BCUT2D eigenvalue weighted by molar-refractivity contribution is -0.125. The van der Waals surface area contributed by atoms with Crippen molar-refractivity contribution in [1.82, 2.24) is 0 Å². The number of benzene rings is 2. The highest BCUT2D eigenvalue weighted by atomic mass is 31.0. The monoisotopic (exact) mass is 521 g/mol.